The highest BCUT2D eigenvalue weighted by Crippen LogP contribution is 2.24. The van der Waals surface area contributed by atoms with Crippen molar-refractivity contribution in [2.45, 2.75) is 33.3 Å². The lowest BCUT2D eigenvalue weighted by Gasteiger charge is -2.11. The number of halogens is 1. The van der Waals surface area contributed by atoms with Crippen LogP contribution in [0.25, 0.3) is 11.4 Å². The Morgan fingerprint density at radius 3 is 2.40 bits per heavy atom. The number of nitrogen functional groups attached to an aromatic ring is 1. The first-order valence-corrected chi connectivity index (χ1v) is 7.68. The van der Waals surface area contributed by atoms with E-state index < -0.39 is 0 Å². The molecule has 0 radical (unpaired) electrons. The molecule has 0 amide bonds. The fraction of sp³-hybridized carbons (Fsp3) is 0.333. The molecule has 1 aromatic heterocycles. The van der Waals surface area contributed by atoms with Crippen molar-refractivity contribution in [1.29, 1.82) is 0 Å². The third kappa shape index (κ3) is 3.39. The van der Waals surface area contributed by atoms with Gasteiger partial charge in [0, 0.05) is 5.56 Å². The van der Waals surface area contributed by atoms with Gasteiger partial charge in [-0.3, -0.25) is 0 Å². The Morgan fingerprint density at radius 1 is 1.20 bits per heavy atom. The van der Waals surface area contributed by atoms with Crippen LogP contribution in [0.2, 0.25) is 0 Å². The summed E-state index contributed by atoms with van der Waals surface area (Å²) in [4.78, 5) is 8.93. The van der Waals surface area contributed by atoms with Crippen LogP contribution in [-0.2, 0) is 6.42 Å². The van der Waals surface area contributed by atoms with Crippen molar-refractivity contribution in [2.75, 3.05) is 5.73 Å². The first kappa shape index (κ1) is 15.0. The Morgan fingerprint density at radius 2 is 1.85 bits per heavy atom. The van der Waals surface area contributed by atoms with Crippen molar-refractivity contribution >= 4 is 28.4 Å². The van der Waals surface area contributed by atoms with Crippen molar-refractivity contribution in [3.8, 4) is 17.1 Å². The molecule has 0 spiro atoms. The number of nitrogens with two attached hydrogens (primary N) is 1. The monoisotopic (exact) mass is 383 g/mol. The minimum Gasteiger partial charge on any atom is -0.491 e. The van der Waals surface area contributed by atoms with Gasteiger partial charge in [-0.15, -0.1) is 0 Å². The van der Waals surface area contributed by atoms with Gasteiger partial charge in [0.2, 0.25) is 0 Å². The molecule has 0 bridgehead atoms. The van der Waals surface area contributed by atoms with E-state index in [1.807, 2.05) is 38.1 Å². The number of anilines is 1. The largest absolute Gasteiger partial charge is 0.491 e. The molecule has 5 heteroatoms. The third-order valence-corrected chi connectivity index (χ3v) is 3.94. The zero-order valence-electron chi connectivity index (χ0n) is 11.9. The number of benzene rings is 1. The Labute approximate surface area is 132 Å². The minimum atomic E-state index is 0.165. The van der Waals surface area contributed by atoms with Crippen LogP contribution in [0.15, 0.2) is 24.3 Å². The maximum Gasteiger partial charge on any atom is 0.161 e. The fourth-order valence-corrected chi connectivity index (χ4v) is 2.45. The second kappa shape index (κ2) is 6.39. The molecular formula is C15H18IN3O. The Hall–Kier alpha value is -1.37. The highest BCUT2D eigenvalue weighted by atomic mass is 127. The van der Waals surface area contributed by atoms with E-state index >= 15 is 0 Å². The molecule has 0 aliphatic heterocycles. The van der Waals surface area contributed by atoms with Crippen molar-refractivity contribution in [3.05, 3.63) is 33.5 Å². The summed E-state index contributed by atoms with van der Waals surface area (Å²) in [6.45, 7) is 6.07. The van der Waals surface area contributed by atoms with Crippen LogP contribution >= 0.6 is 22.6 Å². The van der Waals surface area contributed by atoms with Gasteiger partial charge in [-0.05, 0) is 67.1 Å². The Balaban J connectivity index is 2.34. The van der Waals surface area contributed by atoms with E-state index in [0.29, 0.717) is 11.6 Å². The summed E-state index contributed by atoms with van der Waals surface area (Å²) in [6.07, 6.45) is 1.00. The topological polar surface area (TPSA) is 61.0 Å². The van der Waals surface area contributed by atoms with Gasteiger partial charge in [0.1, 0.15) is 11.6 Å². The standard InChI is InChI=1S/C15H18IN3O/c1-4-12-13(16)14(17)19-15(18-12)10-5-7-11(8-6-10)20-9(2)3/h5-9H,4H2,1-3H3,(H2,17,18,19). The molecule has 0 aliphatic rings. The van der Waals surface area contributed by atoms with Gasteiger partial charge in [0.15, 0.2) is 5.82 Å². The maximum absolute atomic E-state index is 5.95. The lowest BCUT2D eigenvalue weighted by atomic mass is 10.2. The van der Waals surface area contributed by atoms with E-state index in [1.54, 1.807) is 0 Å². The molecule has 106 valence electrons. The van der Waals surface area contributed by atoms with Crippen molar-refractivity contribution in [2.24, 2.45) is 0 Å². The zero-order valence-corrected chi connectivity index (χ0v) is 14.0. The number of ether oxygens (including phenoxy) is 1. The first-order chi connectivity index (χ1) is 9.51. The second-order valence-electron chi connectivity index (χ2n) is 4.74. The predicted octanol–water partition coefficient (Wildman–Crippen LogP) is 3.68. The smallest absolute Gasteiger partial charge is 0.161 e. The van der Waals surface area contributed by atoms with Crippen LogP contribution in [0.1, 0.15) is 26.5 Å². The average molecular weight is 383 g/mol. The Bertz CT molecular complexity index is 597. The lowest BCUT2D eigenvalue weighted by molar-refractivity contribution is 0.242. The van der Waals surface area contributed by atoms with Crippen LogP contribution in [0, 0.1) is 3.57 Å². The van der Waals surface area contributed by atoms with Crippen LogP contribution < -0.4 is 10.5 Å². The van der Waals surface area contributed by atoms with E-state index in [1.165, 1.54) is 0 Å². The number of aromatic nitrogens is 2. The van der Waals surface area contributed by atoms with E-state index in [4.69, 9.17) is 10.5 Å². The molecule has 4 nitrogen and oxygen atoms in total. The summed E-state index contributed by atoms with van der Waals surface area (Å²) in [7, 11) is 0. The van der Waals surface area contributed by atoms with Gasteiger partial charge >= 0.3 is 0 Å². The molecule has 0 aliphatic carbocycles. The van der Waals surface area contributed by atoms with Crippen molar-refractivity contribution < 1.29 is 4.74 Å². The third-order valence-electron chi connectivity index (χ3n) is 2.76. The minimum absolute atomic E-state index is 0.165. The van der Waals surface area contributed by atoms with E-state index in [-0.39, 0.29) is 6.10 Å². The van der Waals surface area contributed by atoms with Crippen LogP contribution in [0.5, 0.6) is 5.75 Å². The summed E-state index contributed by atoms with van der Waals surface area (Å²) in [5.74, 6) is 2.05. The highest BCUT2D eigenvalue weighted by Gasteiger charge is 2.10. The van der Waals surface area contributed by atoms with Crippen LogP contribution in [-0.4, -0.2) is 16.1 Å². The molecule has 0 saturated heterocycles. The average Bonchev–Trinajstić information content (AvgIpc) is 2.42. The molecular weight excluding hydrogens is 365 g/mol. The number of hydrogen-bond acceptors (Lipinski definition) is 4. The highest BCUT2D eigenvalue weighted by molar-refractivity contribution is 14.1. The Kier molecular flexibility index (Phi) is 4.80. The number of hydrogen-bond donors (Lipinski definition) is 1. The summed E-state index contributed by atoms with van der Waals surface area (Å²) in [6, 6.07) is 7.77. The quantitative estimate of drug-likeness (QED) is 0.819. The molecule has 1 heterocycles. The maximum atomic E-state index is 5.95. The number of rotatable bonds is 4. The first-order valence-electron chi connectivity index (χ1n) is 6.60. The SMILES string of the molecule is CCc1nc(-c2ccc(OC(C)C)cc2)nc(N)c1I. The molecule has 0 fully saturated rings. The van der Waals surface area contributed by atoms with Crippen LogP contribution in [0.4, 0.5) is 5.82 Å². The van der Waals surface area contributed by atoms with E-state index in [9.17, 15) is 0 Å². The normalized spacial score (nSPS) is 10.8. The van der Waals surface area contributed by atoms with Gasteiger partial charge in [-0.25, -0.2) is 9.97 Å². The van der Waals surface area contributed by atoms with Gasteiger partial charge in [-0.1, -0.05) is 6.92 Å². The van der Waals surface area contributed by atoms with E-state index in [0.717, 1.165) is 27.0 Å². The number of aryl methyl sites for hydroxylation is 1. The van der Waals surface area contributed by atoms with Crippen molar-refractivity contribution in [1.82, 2.24) is 9.97 Å². The zero-order chi connectivity index (χ0) is 14.7. The molecule has 2 N–H and O–H groups in total. The van der Waals surface area contributed by atoms with Gasteiger partial charge in [0.05, 0.1) is 15.4 Å². The van der Waals surface area contributed by atoms with Crippen LogP contribution in [0.3, 0.4) is 0 Å². The molecule has 0 saturated carbocycles. The summed E-state index contributed by atoms with van der Waals surface area (Å²) in [5.41, 5.74) is 7.87. The van der Waals surface area contributed by atoms with E-state index in [2.05, 4.69) is 39.5 Å². The predicted molar refractivity (Wildman–Crippen MR) is 89.7 cm³/mol. The summed E-state index contributed by atoms with van der Waals surface area (Å²) >= 11 is 2.19. The summed E-state index contributed by atoms with van der Waals surface area (Å²) < 4.78 is 6.56. The van der Waals surface area contributed by atoms with Crippen molar-refractivity contribution in [3.63, 3.8) is 0 Å². The molecule has 20 heavy (non-hydrogen) atoms. The molecule has 2 aromatic rings. The van der Waals surface area contributed by atoms with Gasteiger partial charge in [-0.2, -0.15) is 0 Å². The molecule has 0 unspecified atom stereocenters. The molecule has 0 atom stereocenters. The molecule has 2 rings (SSSR count). The fourth-order valence-electron chi connectivity index (χ4n) is 1.83. The van der Waals surface area contributed by atoms with Gasteiger partial charge < -0.3 is 10.5 Å². The van der Waals surface area contributed by atoms with Gasteiger partial charge in [0.25, 0.3) is 0 Å². The molecule has 1 aromatic carbocycles. The summed E-state index contributed by atoms with van der Waals surface area (Å²) in [5, 5.41) is 0. The number of nitrogens with zero attached hydrogens (tertiary/aromatic N) is 2. The second-order valence-corrected chi connectivity index (χ2v) is 5.82. The lowest BCUT2D eigenvalue weighted by Crippen LogP contribution is -2.06.